The van der Waals surface area contributed by atoms with Crippen LogP contribution in [0.15, 0.2) is 24.3 Å². The summed E-state index contributed by atoms with van der Waals surface area (Å²) in [6, 6.07) is 6.20. The Bertz CT molecular complexity index is 592. The number of ketones is 1. The maximum absolute atomic E-state index is 11.9. The second-order valence-electron chi connectivity index (χ2n) is 4.61. The zero-order valence-electron chi connectivity index (χ0n) is 11.8. The monoisotopic (exact) mass is 313 g/mol. The highest BCUT2D eigenvalue weighted by molar-refractivity contribution is 7.92. The summed E-state index contributed by atoms with van der Waals surface area (Å²) in [6.45, 7) is 1.54. The van der Waals surface area contributed by atoms with Crippen molar-refractivity contribution in [1.29, 1.82) is 0 Å². The van der Waals surface area contributed by atoms with Crippen LogP contribution in [-0.2, 0) is 14.8 Å². The number of carboxylic acids is 1. The SMILES string of the molecule is CCS(=O)(=O)Nc1ccc(C(=O)CCCCC(=O)O)cc1. The van der Waals surface area contributed by atoms with Crippen LogP contribution >= 0.6 is 0 Å². The van der Waals surface area contributed by atoms with Gasteiger partial charge in [0, 0.05) is 24.1 Å². The largest absolute Gasteiger partial charge is 0.481 e. The Kier molecular flexibility index (Phi) is 6.36. The summed E-state index contributed by atoms with van der Waals surface area (Å²) in [6.07, 6.45) is 1.34. The van der Waals surface area contributed by atoms with Crippen LogP contribution in [0.2, 0.25) is 0 Å². The maximum Gasteiger partial charge on any atom is 0.303 e. The van der Waals surface area contributed by atoms with Crippen LogP contribution < -0.4 is 4.72 Å². The normalized spacial score (nSPS) is 11.1. The van der Waals surface area contributed by atoms with E-state index in [1.807, 2.05) is 0 Å². The van der Waals surface area contributed by atoms with E-state index in [9.17, 15) is 18.0 Å². The number of anilines is 1. The second kappa shape index (κ2) is 7.78. The smallest absolute Gasteiger partial charge is 0.303 e. The number of benzene rings is 1. The summed E-state index contributed by atoms with van der Waals surface area (Å²) in [5, 5.41) is 8.50. The molecule has 1 aromatic rings. The van der Waals surface area contributed by atoms with Crippen molar-refractivity contribution < 1.29 is 23.1 Å². The first kappa shape index (κ1) is 17.2. The number of nitrogens with one attached hydrogen (secondary N) is 1. The van der Waals surface area contributed by atoms with Gasteiger partial charge in [0.05, 0.1) is 5.75 Å². The highest BCUT2D eigenvalue weighted by Gasteiger charge is 2.09. The molecule has 7 heteroatoms. The van der Waals surface area contributed by atoms with E-state index in [2.05, 4.69) is 4.72 Å². The summed E-state index contributed by atoms with van der Waals surface area (Å²) in [5.41, 5.74) is 0.907. The summed E-state index contributed by atoms with van der Waals surface area (Å²) in [4.78, 5) is 22.2. The molecule has 0 aliphatic rings. The van der Waals surface area contributed by atoms with Gasteiger partial charge in [0.2, 0.25) is 10.0 Å². The van der Waals surface area contributed by atoms with Crippen molar-refractivity contribution in [3.63, 3.8) is 0 Å². The van der Waals surface area contributed by atoms with E-state index in [-0.39, 0.29) is 24.4 Å². The molecule has 6 nitrogen and oxygen atoms in total. The van der Waals surface area contributed by atoms with Gasteiger partial charge < -0.3 is 5.11 Å². The molecule has 0 atom stereocenters. The molecule has 0 amide bonds. The third-order valence-corrected chi connectivity index (χ3v) is 4.21. The van der Waals surface area contributed by atoms with E-state index in [4.69, 9.17) is 5.11 Å². The summed E-state index contributed by atoms with van der Waals surface area (Å²) >= 11 is 0. The van der Waals surface area contributed by atoms with Crippen molar-refractivity contribution in [3.05, 3.63) is 29.8 Å². The Hall–Kier alpha value is -1.89. The lowest BCUT2D eigenvalue weighted by Gasteiger charge is -2.06. The highest BCUT2D eigenvalue weighted by Crippen LogP contribution is 2.14. The first-order valence-corrected chi connectivity index (χ1v) is 8.35. The van der Waals surface area contributed by atoms with Gasteiger partial charge in [-0.15, -0.1) is 0 Å². The number of aliphatic carboxylic acids is 1. The molecule has 0 saturated carbocycles. The Morgan fingerprint density at radius 1 is 1.10 bits per heavy atom. The minimum absolute atomic E-state index is 0.0166. The molecule has 0 heterocycles. The average molecular weight is 313 g/mol. The standard InChI is InChI=1S/C14H19NO5S/c1-2-21(19,20)15-12-9-7-11(8-10-12)13(16)5-3-4-6-14(17)18/h7-10,15H,2-6H2,1H3,(H,17,18). The number of Topliss-reactive ketones (excluding diaryl/α,β-unsaturated/α-hetero) is 1. The van der Waals surface area contributed by atoms with Gasteiger partial charge in [-0.1, -0.05) is 0 Å². The first-order valence-electron chi connectivity index (χ1n) is 6.69. The van der Waals surface area contributed by atoms with Crippen LogP contribution in [-0.4, -0.2) is 31.0 Å². The lowest BCUT2D eigenvalue weighted by atomic mass is 10.0. The number of sulfonamides is 1. The van der Waals surface area contributed by atoms with E-state index in [1.165, 1.54) is 19.1 Å². The molecule has 1 aromatic carbocycles. The van der Waals surface area contributed by atoms with Gasteiger partial charge in [0.25, 0.3) is 0 Å². The Morgan fingerprint density at radius 3 is 2.19 bits per heavy atom. The van der Waals surface area contributed by atoms with Crippen LogP contribution in [0.5, 0.6) is 0 Å². The minimum atomic E-state index is -3.32. The third kappa shape index (κ3) is 6.40. The molecule has 0 aromatic heterocycles. The molecule has 0 bridgehead atoms. The second-order valence-corrected chi connectivity index (χ2v) is 6.62. The lowest BCUT2D eigenvalue weighted by Crippen LogP contribution is -2.14. The molecule has 0 saturated heterocycles. The molecule has 1 rings (SSSR count). The number of hydrogen-bond acceptors (Lipinski definition) is 4. The molecule has 116 valence electrons. The zero-order chi connectivity index (χ0) is 15.9. The molecule has 0 aliphatic heterocycles. The fraction of sp³-hybridized carbons (Fsp3) is 0.429. The quantitative estimate of drug-likeness (QED) is 0.538. The number of carboxylic acid groups (broad SMARTS) is 1. The lowest BCUT2D eigenvalue weighted by molar-refractivity contribution is -0.137. The molecule has 0 aliphatic carbocycles. The minimum Gasteiger partial charge on any atom is -0.481 e. The fourth-order valence-electron chi connectivity index (χ4n) is 1.68. The summed E-state index contributed by atoms with van der Waals surface area (Å²) in [7, 11) is -3.32. The predicted molar refractivity (Wildman–Crippen MR) is 80.0 cm³/mol. The third-order valence-electron chi connectivity index (χ3n) is 2.90. The van der Waals surface area contributed by atoms with Crippen LogP contribution in [0, 0.1) is 0 Å². The van der Waals surface area contributed by atoms with Crippen molar-refractivity contribution in [3.8, 4) is 0 Å². The van der Waals surface area contributed by atoms with E-state index < -0.39 is 16.0 Å². The molecule has 0 radical (unpaired) electrons. The molecule has 2 N–H and O–H groups in total. The van der Waals surface area contributed by atoms with Crippen molar-refractivity contribution in [2.24, 2.45) is 0 Å². The molecule has 21 heavy (non-hydrogen) atoms. The van der Waals surface area contributed by atoms with Crippen molar-refractivity contribution in [2.75, 3.05) is 10.5 Å². The predicted octanol–water partition coefficient (Wildman–Crippen LogP) is 2.28. The first-order chi connectivity index (χ1) is 9.84. The van der Waals surface area contributed by atoms with Crippen LogP contribution in [0.4, 0.5) is 5.69 Å². The van der Waals surface area contributed by atoms with Crippen LogP contribution in [0.25, 0.3) is 0 Å². The van der Waals surface area contributed by atoms with E-state index in [0.717, 1.165) is 0 Å². The van der Waals surface area contributed by atoms with E-state index >= 15 is 0 Å². The maximum atomic E-state index is 11.9. The van der Waals surface area contributed by atoms with E-state index in [0.29, 0.717) is 24.1 Å². The van der Waals surface area contributed by atoms with Gasteiger partial charge in [-0.25, -0.2) is 8.42 Å². The molecular weight excluding hydrogens is 294 g/mol. The van der Waals surface area contributed by atoms with Crippen molar-refractivity contribution in [1.82, 2.24) is 0 Å². The van der Waals surface area contributed by atoms with Gasteiger partial charge >= 0.3 is 5.97 Å². The summed E-state index contributed by atoms with van der Waals surface area (Å²) < 4.78 is 25.2. The van der Waals surface area contributed by atoms with Crippen molar-refractivity contribution >= 4 is 27.5 Å². The molecule has 0 spiro atoms. The van der Waals surface area contributed by atoms with Gasteiger partial charge in [-0.05, 0) is 44.0 Å². The summed E-state index contributed by atoms with van der Waals surface area (Å²) in [5.74, 6) is -0.961. The zero-order valence-corrected chi connectivity index (χ0v) is 12.6. The topological polar surface area (TPSA) is 101 Å². The molecular formula is C14H19NO5S. The van der Waals surface area contributed by atoms with Crippen molar-refractivity contribution in [2.45, 2.75) is 32.6 Å². The van der Waals surface area contributed by atoms with Crippen LogP contribution in [0.3, 0.4) is 0 Å². The van der Waals surface area contributed by atoms with Gasteiger partial charge in [-0.3, -0.25) is 14.3 Å². The fourth-order valence-corrected chi connectivity index (χ4v) is 2.32. The molecule has 0 unspecified atom stereocenters. The number of unbranched alkanes of at least 4 members (excludes halogenated alkanes) is 1. The van der Waals surface area contributed by atoms with E-state index in [1.54, 1.807) is 12.1 Å². The van der Waals surface area contributed by atoms with Crippen LogP contribution in [0.1, 0.15) is 43.0 Å². The highest BCUT2D eigenvalue weighted by atomic mass is 32.2. The molecule has 0 fully saturated rings. The number of carbonyl (C=O) groups excluding carboxylic acids is 1. The van der Waals surface area contributed by atoms with Gasteiger partial charge in [0.15, 0.2) is 5.78 Å². The number of carbonyl (C=O) groups is 2. The Labute approximate surface area is 124 Å². The Balaban J connectivity index is 2.53. The average Bonchev–Trinajstić information content (AvgIpc) is 2.43. The Morgan fingerprint density at radius 2 is 1.67 bits per heavy atom. The number of hydrogen-bond donors (Lipinski definition) is 2. The van der Waals surface area contributed by atoms with Gasteiger partial charge in [-0.2, -0.15) is 0 Å². The van der Waals surface area contributed by atoms with Gasteiger partial charge in [0.1, 0.15) is 0 Å². The number of rotatable bonds is 9.